The van der Waals surface area contributed by atoms with Gasteiger partial charge in [0.15, 0.2) is 5.78 Å². The number of ketones is 1. The van der Waals surface area contributed by atoms with Crippen molar-refractivity contribution in [3.63, 3.8) is 0 Å². The number of carbonyl (C=O) groups excluding carboxylic acids is 1. The molecule has 3 N–H and O–H groups in total. The fraction of sp³-hybridized carbons (Fsp3) is 0.367. The number of aliphatic hydroxyl groups is 1. The van der Waals surface area contributed by atoms with E-state index in [1.807, 2.05) is 44.2 Å². The molecule has 6 heteroatoms. The molecule has 6 nitrogen and oxygen atoms in total. The van der Waals surface area contributed by atoms with Crippen LogP contribution in [0.4, 0.5) is 0 Å². The first-order valence-electron chi connectivity index (χ1n) is 12.2. The molecule has 0 aromatic heterocycles. The van der Waals surface area contributed by atoms with Crippen LogP contribution in [0.15, 0.2) is 89.6 Å². The lowest BCUT2D eigenvalue weighted by Gasteiger charge is -2.08. The standard InChI is InChI=1S/C30H38O6/c1-23(16-18-25-11-6-4-7-12-25)17-19-27(31)14-9-15-28(32)20-24(2)10-5-3-8-13-26(21-29(33)34)22-30(35)36/h3-4,6-12,14,16,21,28,32H,5,13,15,17-20,22H2,1-2H3,(H,33,34)(H,35,36)/t28-/m0/s1. The van der Waals surface area contributed by atoms with Gasteiger partial charge in [0.25, 0.3) is 0 Å². The molecule has 0 radical (unpaired) electrons. The van der Waals surface area contributed by atoms with E-state index in [9.17, 15) is 19.5 Å². The van der Waals surface area contributed by atoms with E-state index in [0.29, 0.717) is 31.3 Å². The zero-order chi connectivity index (χ0) is 26.8. The zero-order valence-corrected chi connectivity index (χ0v) is 21.2. The summed E-state index contributed by atoms with van der Waals surface area (Å²) < 4.78 is 0. The molecule has 0 bridgehead atoms. The van der Waals surface area contributed by atoms with Crippen LogP contribution < -0.4 is 0 Å². The van der Waals surface area contributed by atoms with E-state index in [2.05, 4.69) is 18.2 Å². The van der Waals surface area contributed by atoms with E-state index >= 15 is 0 Å². The van der Waals surface area contributed by atoms with Crippen LogP contribution in [-0.4, -0.2) is 39.1 Å². The molecule has 1 rings (SSSR count). The minimum absolute atomic E-state index is 0.0475. The summed E-state index contributed by atoms with van der Waals surface area (Å²) in [6.07, 6.45) is 14.8. The number of rotatable bonds is 17. The van der Waals surface area contributed by atoms with Gasteiger partial charge in [-0.05, 0) is 69.6 Å². The molecular weight excluding hydrogens is 456 g/mol. The number of benzene rings is 1. The summed E-state index contributed by atoms with van der Waals surface area (Å²) in [7, 11) is 0. The van der Waals surface area contributed by atoms with Crippen molar-refractivity contribution >= 4 is 17.7 Å². The van der Waals surface area contributed by atoms with Crippen molar-refractivity contribution in [2.24, 2.45) is 0 Å². The van der Waals surface area contributed by atoms with E-state index < -0.39 is 18.0 Å². The quantitative estimate of drug-likeness (QED) is 0.181. The summed E-state index contributed by atoms with van der Waals surface area (Å²) in [4.78, 5) is 33.7. The largest absolute Gasteiger partial charge is 0.481 e. The molecule has 0 heterocycles. The second-order valence-electron chi connectivity index (χ2n) is 8.88. The van der Waals surface area contributed by atoms with Gasteiger partial charge in [0.1, 0.15) is 0 Å². The lowest BCUT2D eigenvalue weighted by molar-refractivity contribution is -0.136. The molecule has 0 aliphatic rings. The molecule has 1 aromatic rings. The van der Waals surface area contributed by atoms with Gasteiger partial charge in [-0.25, -0.2) is 4.79 Å². The minimum Gasteiger partial charge on any atom is -0.481 e. The van der Waals surface area contributed by atoms with E-state index in [4.69, 9.17) is 10.2 Å². The molecule has 0 unspecified atom stereocenters. The van der Waals surface area contributed by atoms with Crippen molar-refractivity contribution in [1.82, 2.24) is 0 Å². The number of carboxylic acid groups (broad SMARTS) is 2. The Labute approximate surface area is 214 Å². The Morgan fingerprint density at radius 1 is 0.917 bits per heavy atom. The smallest absolute Gasteiger partial charge is 0.328 e. The maximum atomic E-state index is 12.1. The fourth-order valence-corrected chi connectivity index (χ4v) is 3.46. The molecule has 0 saturated carbocycles. The van der Waals surface area contributed by atoms with E-state index in [0.717, 1.165) is 24.5 Å². The van der Waals surface area contributed by atoms with Crippen molar-refractivity contribution in [3.8, 4) is 0 Å². The molecule has 1 atom stereocenters. The van der Waals surface area contributed by atoms with Crippen LogP contribution in [0, 0.1) is 0 Å². The summed E-state index contributed by atoms with van der Waals surface area (Å²) in [5.41, 5.74) is 3.75. The number of hydrogen-bond donors (Lipinski definition) is 3. The highest BCUT2D eigenvalue weighted by Crippen LogP contribution is 2.12. The summed E-state index contributed by atoms with van der Waals surface area (Å²) in [5.74, 6) is -2.18. The Kier molecular flexibility index (Phi) is 15.1. The third-order valence-electron chi connectivity index (χ3n) is 5.42. The molecule has 1 aromatic carbocycles. The Bertz CT molecular complexity index is 996. The Morgan fingerprint density at radius 3 is 2.31 bits per heavy atom. The second-order valence-corrected chi connectivity index (χ2v) is 8.88. The first-order valence-corrected chi connectivity index (χ1v) is 12.2. The zero-order valence-electron chi connectivity index (χ0n) is 21.2. The van der Waals surface area contributed by atoms with Crippen LogP contribution in [0.25, 0.3) is 0 Å². The van der Waals surface area contributed by atoms with Gasteiger partial charge >= 0.3 is 11.9 Å². The van der Waals surface area contributed by atoms with Crippen LogP contribution in [-0.2, 0) is 20.8 Å². The topological polar surface area (TPSA) is 112 Å². The van der Waals surface area contributed by atoms with E-state index in [1.165, 1.54) is 11.1 Å². The molecular formula is C30H38O6. The van der Waals surface area contributed by atoms with Crippen molar-refractivity contribution in [2.45, 2.75) is 71.3 Å². The van der Waals surface area contributed by atoms with Crippen molar-refractivity contribution in [1.29, 1.82) is 0 Å². The van der Waals surface area contributed by atoms with Crippen molar-refractivity contribution in [2.75, 3.05) is 0 Å². The molecule has 0 aliphatic carbocycles. The fourth-order valence-electron chi connectivity index (χ4n) is 3.46. The average molecular weight is 495 g/mol. The number of aliphatic carboxylic acids is 2. The van der Waals surface area contributed by atoms with Crippen LogP contribution >= 0.6 is 0 Å². The molecule has 194 valence electrons. The summed E-state index contributed by atoms with van der Waals surface area (Å²) in [5, 5.41) is 27.9. The normalized spacial score (nSPS) is 13.9. The maximum absolute atomic E-state index is 12.1. The Balaban J connectivity index is 2.32. The molecule has 0 spiro atoms. The third kappa shape index (κ3) is 16.2. The molecule has 0 fully saturated rings. The summed E-state index contributed by atoms with van der Waals surface area (Å²) in [6, 6.07) is 10.2. The third-order valence-corrected chi connectivity index (χ3v) is 5.42. The van der Waals surface area contributed by atoms with Crippen LogP contribution in [0.2, 0.25) is 0 Å². The number of allylic oxidation sites excluding steroid dienone is 6. The number of aliphatic hydroxyl groups excluding tert-OH is 1. The van der Waals surface area contributed by atoms with E-state index in [1.54, 1.807) is 18.2 Å². The summed E-state index contributed by atoms with van der Waals surface area (Å²) >= 11 is 0. The SMILES string of the molecule is CC(=CCc1ccccc1)CCC(=O)C=CC[C@H](O)CC(C)=CCC=CCC(=CC(=O)O)CC(=O)O. The van der Waals surface area contributed by atoms with Crippen LogP contribution in [0.1, 0.15) is 64.4 Å². The van der Waals surface area contributed by atoms with Gasteiger partial charge in [-0.1, -0.05) is 71.9 Å². The number of carboxylic acids is 2. The predicted molar refractivity (Wildman–Crippen MR) is 143 cm³/mol. The lowest BCUT2D eigenvalue weighted by atomic mass is 10.0. The predicted octanol–water partition coefficient (Wildman–Crippen LogP) is 5.99. The average Bonchev–Trinajstić information content (AvgIpc) is 2.81. The van der Waals surface area contributed by atoms with Gasteiger partial charge in [0.05, 0.1) is 12.5 Å². The first-order chi connectivity index (χ1) is 17.2. The van der Waals surface area contributed by atoms with Gasteiger partial charge in [0.2, 0.25) is 0 Å². The van der Waals surface area contributed by atoms with Gasteiger partial charge in [-0.15, -0.1) is 0 Å². The van der Waals surface area contributed by atoms with Gasteiger partial charge in [-0.2, -0.15) is 0 Å². The summed E-state index contributed by atoms with van der Waals surface area (Å²) in [6.45, 7) is 3.95. The monoisotopic (exact) mass is 494 g/mol. The molecule has 0 aliphatic heterocycles. The van der Waals surface area contributed by atoms with Gasteiger partial charge < -0.3 is 15.3 Å². The molecule has 0 amide bonds. The van der Waals surface area contributed by atoms with Gasteiger partial charge in [0, 0.05) is 12.5 Å². The number of carbonyl (C=O) groups is 3. The number of hydrogen-bond acceptors (Lipinski definition) is 4. The first kappa shape index (κ1) is 30.5. The van der Waals surface area contributed by atoms with E-state index in [-0.39, 0.29) is 18.6 Å². The Hall–Kier alpha value is -3.51. The lowest BCUT2D eigenvalue weighted by Crippen LogP contribution is -2.05. The van der Waals surface area contributed by atoms with Crippen LogP contribution in [0.3, 0.4) is 0 Å². The highest BCUT2D eigenvalue weighted by molar-refractivity contribution is 5.89. The Morgan fingerprint density at radius 2 is 1.64 bits per heavy atom. The van der Waals surface area contributed by atoms with Crippen molar-refractivity contribution < 1.29 is 29.7 Å². The van der Waals surface area contributed by atoms with Crippen LogP contribution in [0.5, 0.6) is 0 Å². The minimum atomic E-state index is -1.16. The molecule has 36 heavy (non-hydrogen) atoms. The molecule has 0 saturated heterocycles. The highest BCUT2D eigenvalue weighted by Gasteiger charge is 2.05. The highest BCUT2D eigenvalue weighted by atomic mass is 16.4. The van der Waals surface area contributed by atoms with Crippen molar-refractivity contribution in [3.05, 3.63) is 95.1 Å². The maximum Gasteiger partial charge on any atom is 0.328 e. The second kappa shape index (κ2) is 17.9. The van der Waals surface area contributed by atoms with Gasteiger partial charge in [-0.3, -0.25) is 9.59 Å².